The first-order valence-electron chi connectivity index (χ1n) is 4.10. The van der Waals surface area contributed by atoms with Crippen molar-refractivity contribution in [3.8, 4) is 0 Å². The Morgan fingerprint density at radius 2 is 2.13 bits per heavy atom. The van der Waals surface area contributed by atoms with Gasteiger partial charge in [-0.1, -0.05) is 11.6 Å². The standard InChI is InChI=1S/C8H9ClN4O2/c1-10-7(14)4-13-8(15)5-2-12-6(9)3-11-5/h2-3H,4H2,1H3,(H,10,14)(H,13,15). The van der Waals surface area contributed by atoms with Gasteiger partial charge in [-0.15, -0.1) is 0 Å². The Morgan fingerprint density at radius 1 is 1.40 bits per heavy atom. The average molecular weight is 229 g/mol. The molecule has 0 aromatic carbocycles. The molecule has 0 spiro atoms. The number of halogens is 1. The molecule has 0 radical (unpaired) electrons. The van der Waals surface area contributed by atoms with Gasteiger partial charge in [-0.25, -0.2) is 9.97 Å². The van der Waals surface area contributed by atoms with Gasteiger partial charge < -0.3 is 10.6 Å². The Labute approximate surface area is 91.1 Å². The molecule has 0 bridgehead atoms. The zero-order chi connectivity index (χ0) is 11.3. The van der Waals surface area contributed by atoms with Crippen molar-refractivity contribution < 1.29 is 9.59 Å². The zero-order valence-electron chi connectivity index (χ0n) is 7.95. The molecule has 7 heteroatoms. The van der Waals surface area contributed by atoms with Crippen LogP contribution in [0, 0.1) is 0 Å². The van der Waals surface area contributed by atoms with Gasteiger partial charge in [0.1, 0.15) is 10.8 Å². The quantitative estimate of drug-likeness (QED) is 0.738. The summed E-state index contributed by atoms with van der Waals surface area (Å²) in [7, 11) is 1.48. The van der Waals surface area contributed by atoms with Crippen LogP contribution >= 0.6 is 11.6 Å². The van der Waals surface area contributed by atoms with E-state index < -0.39 is 5.91 Å². The number of nitrogens with one attached hydrogen (secondary N) is 2. The van der Waals surface area contributed by atoms with Crippen molar-refractivity contribution in [2.75, 3.05) is 13.6 Å². The van der Waals surface area contributed by atoms with Crippen LogP contribution in [-0.4, -0.2) is 35.4 Å². The lowest BCUT2D eigenvalue weighted by atomic mass is 10.4. The van der Waals surface area contributed by atoms with Crippen LogP contribution < -0.4 is 10.6 Å². The minimum atomic E-state index is -0.470. The smallest absolute Gasteiger partial charge is 0.271 e. The van der Waals surface area contributed by atoms with Crippen LogP contribution in [0.1, 0.15) is 10.5 Å². The molecule has 0 fully saturated rings. The molecule has 0 unspecified atom stereocenters. The summed E-state index contributed by atoms with van der Waals surface area (Å²) in [6.45, 7) is -0.0976. The molecule has 1 aromatic heterocycles. The molecule has 0 saturated carbocycles. The van der Waals surface area contributed by atoms with Crippen LogP contribution in [0.15, 0.2) is 12.4 Å². The van der Waals surface area contributed by atoms with E-state index >= 15 is 0 Å². The maximum absolute atomic E-state index is 11.3. The molecular weight excluding hydrogens is 220 g/mol. The van der Waals surface area contributed by atoms with Gasteiger partial charge in [0.05, 0.1) is 18.9 Å². The Balaban J connectivity index is 2.54. The summed E-state index contributed by atoms with van der Waals surface area (Å²) in [4.78, 5) is 29.6. The highest BCUT2D eigenvalue weighted by Gasteiger charge is 2.08. The summed E-state index contributed by atoms with van der Waals surface area (Å²) in [6, 6.07) is 0. The van der Waals surface area contributed by atoms with Crippen molar-refractivity contribution in [1.82, 2.24) is 20.6 Å². The van der Waals surface area contributed by atoms with E-state index in [9.17, 15) is 9.59 Å². The van der Waals surface area contributed by atoms with E-state index in [1.807, 2.05) is 0 Å². The Kier molecular flexibility index (Phi) is 3.99. The molecule has 1 heterocycles. The lowest BCUT2D eigenvalue weighted by molar-refractivity contribution is -0.119. The number of nitrogens with zero attached hydrogens (tertiary/aromatic N) is 2. The van der Waals surface area contributed by atoms with E-state index in [-0.39, 0.29) is 23.3 Å². The van der Waals surface area contributed by atoms with E-state index in [1.54, 1.807) is 0 Å². The van der Waals surface area contributed by atoms with E-state index in [4.69, 9.17) is 11.6 Å². The average Bonchev–Trinajstić information content (AvgIpc) is 2.26. The number of hydrogen-bond acceptors (Lipinski definition) is 4. The van der Waals surface area contributed by atoms with Crippen molar-refractivity contribution in [1.29, 1.82) is 0 Å². The number of carbonyl (C=O) groups excluding carboxylic acids is 2. The molecule has 2 N–H and O–H groups in total. The number of likely N-dealkylation sites (N-methyl/N-ethyl adjacent to an activating group) is 1. The van der Waals surface area contributed by atoms with Crippen LogP contribution in [0.5, 0.6) is 0 Å². The highest BCUT2D eigenvalue weighted by atomic mass is 35.5. The van der Waals surface area contributed by atoms with E-state index in [0.717, 1.165) is 0 Å². The zero-order valence-corrected chi connectivity index (χ0v) is 8.71. The summed E-state index contributed by atoms with van der Waals surface area (Å²) in [5.41, 5.74) is 0.114. The molecule has 2 amide bonds. The molecule has 0 aliphatic carbocycles. The Hall–Kier alpha value is -1.69. The number of amides is 2. The van der Waals surface area contributed by atoms with Crippen molar-refractivity contribution in [3.05, 3.63) is 23.2 Å². The van der Waals surface area contributed by atoms with E-state index in [1.165, 1.54) is 19.4 Å². The van der Waals surface area contributed by atoms with Crippen LogP contribution in [0.25, 0.3) is 0 Å². The predicted octanol–water partition coefficient (Wildman–Crippen LogP) is -0.394. The third-order valence-corrected chi connectivity index (χ3v) is 1.74. The number of rotatable bonds is 3. The second kappa shape index (κ2) is 5.26. The van der Waals surface area contributed by atoms with Gasteiger partial charge in [-0.3, -0.25) is 9.59 Å². The van der Waals surface area contributed by atoms with Gasteiger partial charge in [0.25, 0.3) is 5.91 Å². The lowest BCUT2D eigenvalue weighted by Crippen LogP contribution is -2.35. The summed E-state index contributed by atoms with van der Waals surface area (Å²) < 4.78 is 0. The summed E-state index contributed by atoms with van der Waals surface area (Å²) in [5.74, 6) is -0.756. The Bertz CT molecular complexity index is 365. The van der Waals surface area contributed by atoms with Gasteiger partial charge in [0, 0.05) is 7.05 Å². The molecule has 1 rings (SSSR count). The second-order valence-electron chi connectivity index (χ2n) is 2.58. The first kappa shape index (κ1) is 11.4. The molecule has 0 aliphatic heterocycles. The van der Waals surface area contributed by atoms with Gasteiger partial charge in [0.15, 0.2) is 0 Å². The maximum atomic E-state index is 11.3. The SMILES string of the molecule is CNC(=O)CNC(=O)c1cnc(Cl)cn1. The summed E-state index contributed by atoms with van der Waals surface area (Å²) in [5, 5.41) is 4.95. The van der Waals surface area contributed by atoms with Crippen molar-refractivity contribution >= 4 is 23.4 Å². The third kappa shape index (κ3) is 3.51. The van der Waals surface area contributed by atoms with Crippen molar-refractivity contribution in [2.45, 2.75) is 0 Å². The first-order chi connectivity index (χ1) is 7.13. The fraction of sp³-hybridized carbons (Fsp3) is 0.250. The third-order valence-electron chi connectivity index (χ3n) is 1.54. The summed E-state index contributed by atoms with van der Waals surface area (Å²) >= 11 is 5.50. The van der Waals surface area contributed by atoms with Gasteiger partial charge in [-0.2, -0.15) is 0 Å². The Morgan fingerprint density at radius 3 is 2.67 bits per heavy atom. The number of aromatic nitrogens is 2. The summed E-state index contributed by atoms with van der Waals surface area (Å²) in [6.07, 6.45) is 2.50. The highest BCUT2D eigenvalue weighted by molar-refractivity contribution is 6.29. The van der Waals surface area contributed by atoms with Gasteiger partial charge >= 0.3 is 0 Å². The highest BCUT2D eigenvalue weighted by Crippen LogP contribution is 2.00. The van der Waals surface area contributed by atoms with E-state index in [2.05, 4.69) is 20.6 Å². The van der Waals surface area contributed by atoms with Crippen molar-refractivity contribution in [3.63, 3.8) is 0 Å². The monoisotopic (exact) mass is 228 g/mol. The fourth-order valence-electron chi connectivity index (χ4n) is 0.769. The first-order valence-corrected chi connectivity index (χ1v) is 4.47. The molecule has 0 aliphatic rings. The van der Waals surface area contributed by atoms with Crippen molar-refractivity contribution in [2.24, 2.45) is 0 Å². The van der Waals surface area contributed by atoms with Crippen LogP contribution in [-0.2, 0) is 4.79 Å². The van der Waals surface area contributed by atoms with Crippen LogP contribution in [0.2, 0.25) is 5.15 Å². The normalized spacial score (nSPS) is 9.47. The molecule has 0 saturated heterocycles. The number of carbonyl (C=O) groups is 2. The van der Waals surface area contributed by atoms with Crippen LogP contribution in [0.4, 0.5) is 0 Å². The largest absolute Gasteiger partial charge is 0.358 e. The molecule has 80 valence electrons. The molecule has 15 heavy (non-hydrogen) atoms. The fourth-order valence-corrected chi connectivity index (χ4v) is 0.867. The van der Waals surface area contributed by atoms with Crippen LogP contribution in [0.3, 0.4) is 0 Å². The molecule has 6 nitrogen and oxygen atoms in total. The number of hydrogen-bond donors (Lipinski definition) is 2. The second-order valence-corrected chi connectivity index (χ2v) is 2.97. The van der Waals surface area contributed by atoms with E-state index in [0.29, 0.717) is 0 Å². The minimum Gasteiger partial charge on any atom is -0.358 e. The molecule has 1 aromatic rings. The minimum absolute atomic E-state index is 0.0976. The van der Waals surface area contributed by atoms with Gasteiger partial charge in [-0.05, 0) is 0 Å². The topological polar surface area (TPSA) is 84.0 Å². The predicted molar refractivity (Wildman–Crippen MR) is 53.4 cm³/mol. The maximum Gasteiger partial charge on any atom is 0.271 e. The molecular formula is C8H9ClN4O2. The lowest BCUT2D eigenvalue weighted by Gasteiger charge is -2.02. The van der Waals surface area contributed by atoms with Gasteiger partial charge in [0.2, 0.25) is 5.91 Å². The molecule has 0 atom stereocenters.